The number of aromatic nitrogens is 1. The number of rotatable bonds is 3. The maximum absolute atomic E-state index is 11.2. The third-order valence-corrected chi connectivity index (χ3v) is 4.97. The molecule has 1 aromatic rings. The number of thiazole rings is 1. The van der Waals surface area contributed by atoms with Gasteiger partial charge in [0, 0.05) is 25.2 Å². The summed E-state index contributed by atoms with van der Waals surface area (Å²) in [5.41, 5.74) is 1.08. The average molecular weight is 281 g/mol. The van der Waals surface area contributed by atoms with Crippen molar-refractivity contribution in [2.45, 2.75) is 39.2 Å². The molecule has 0 spiro atoms. The minimum Gasteiger partial charge on any atom is -0.345 e. The van der Waals surface area contributed by atoms with E-state index in [-0.39, 0.29) is 5.54 Å². The fraction of sp³-hybridized carbons (Fsp3) is 0.714. The van der Waals surface area contributed by atoms with Crippen LogP contribution in [0.1, 0.15) is 49.0 Å². The zero-order valence-corrected chi connectivity index (χ0v) is 13.3. The highest BCUT2D eigenvalue weighted by molar-refractivity contribution is 7.17. The quantitative estimate of drug-likeness (QED) is 0.798. The molecule has 5 heteroatoms. The van der Waals surface area contributed by atoms with Crippen LogP contribution in [0.4, 0.5) is 5.13 Å². The number of hydrogen-bond acceptors (Lipinski definition) is 5. The molecular formula is C14H23N3OS. The first-order chi connectivity index (χ1) is 8.85. The highest BCUT2D eigenvalue weighted by atomic mass is 32.1. The molecule has 4 nitrogen and oxygen atoms in total. The van der Waals surface area contributed by atoms with Gasteiger partial charge in [0.15, 0.2) is 11.4 Å². The molecule has 1 saturated heterocycles. The number of piperazine rings is 1. The molecule has 0 aromatic carbocycles. The molecule has 1 aromatic heterocycles. The summed E-state index contributed by atoms with van der Waals surface area (Å²) in [6.45, 7) is 11.6. The fourth-order valence-electron chi connectivity index (χ4n) is 2.37. The third-order valence-electron chi connectivity index (χ3n) is 3.91. The molecular weight excluding hydrogens is 258 g/mol. The Hall–Kier alpha value is -0.940. The van der Waals surface area contributed by atoms with Crippen LogP contribution < -0.4 is 4.90 Å². The number of likely N-dealkylation sites (N-methyl/N-ethyl adjacent to an activating group) is 1. The summed E-state index contributed by atoms with van der Waals surface area (Å²) >= 11 is 1.52. The lowest BCUT2D eigenvalue weighted by atomic mass is 10.0. The summed E-state index contributed by atoms with van der Waals surface area (Å²) in [6.07, 6.45) is 0.942. The van der Waals surface area contributed by atoms with Crippen LogP contribution >= 0.6 is 11.3 Å². The van der Waals surface area contributed by atoms with E-state index < -0.39 is 0 Å². The predicted molar refractivity (Wildman–Crippen MR) is 80.5 cm³/mol. The summed E-state index contributed by atoms with van der Waals surface area (Å²) in [5.74, 6) is 0.297. The van der Waals surface area contributed by atoms with E-state index in [1.807, 2.05) is 0 Å². The van der Waals surface area contributed by atoms with Crippen molar-refractivity contribution in [1.29, 1.82) is 0 Å². The first-order valence-corrected chi connectivity index (χ1v) is 7.59. The Morgan fingerprint density at radius 3 is 2.53 bits per heavy atom. The van der Waals surface area contributed by atoms with Crippen LogP contribution in [0.3, 0.4) is 0 Å². The van der Waals surface area contributed by atoms with Crippen LogP contribution in [0, 0.1) is 0 Å². The zero-order chi connectivity index (χ0) is 14.2. The number of anilines is 1. The Morgan fingerprint density at radius 1 is 1.37 bits per heavy atom. The monoisotopic (exact) mass is 281 g/mol. The van der Waals surface area contributed by atoms with Gasteiger partial charge < -0.3 is 4.90 Å². The maximum atomic E-state index is 11.2. The molecule has 1 aliphatic heterocycles. The lowest BCUT2D eigenvalue weighted by molar-refractivity contribution is 0.112. The van der Waals surface area contributed by atoms with Crippen molar-refractivity contribution in [2.24, 2.45) is 0 Å². The van der Waals surface area contributed by atoms with Gasteiger partial charge in [-0.25, -0.2) is 4.98 Å². The molecule has 0 unspecified atom stereocenters. The molecule has 1 fully saturated rings. The molecule has 0 aliphatic carbocycles. The van der Waals surface area contributed by atoms with Gasteiger partial charge in [0.2, 0.25) is 0 Å². The minimum atomic E-state index is 0.142. The van der Waals surface area contributed by atoms with Crippen molar-refractivity contribution < 1.29 is 4.79 Å². The van der Waals surface area contributed by atoms with E-state index >= 15 is 0 Å². The smallest absolute Gasteiger partial charge is 0.186 e. The Bertz CT molecular complexity index is 467. The molecule has 2 rings (SSSR count). The van der Waals surface area contributed by atoms with E-state index in [4.69, 9.17) is 0 Å². The standard InChI is InChI=1S/C14H23N3OS/c1-10(2)12-11(8-18)19-13(15-12)17-7-6-16(5)14(3,4)9-17/h8,10H,6-7,9H2,1-5H3. The summed E-state index contributed by atoms with van der Waals surface area (Å²) in [6, 6.07) is 0. The average Bonchev–Trinajstić information content (AvgIpc) is 2.76. The van der Waals surface area contributed by atoms with E-state index in [1.54, 1.807) is 0 Å². The maximum Gasteiger partial charge on any atom is 0.186 e. The van der Waals surface area contributed by atoms with Crippen molar-refractivity contribution >= 4 is 22.8 Å². The van der Waals surface area contributed by atoms with Crippen molar-refractivity contribution in [1.82, 2.24) is 9.88 Å². The van der Waals surface area contributed by atoms with E-state index in [0.29, 0.717) is 5.92 Å². The van der Waals surface area contributed by atoms with Gasteiger partial charge >= 0.3 is 0 Å². The fourth-order valence-corrected chi connectivity index (χ4v) is 3.43. The number of carbonyl (C=O) groups excluding carboxylic acids is 1. The van der Waals surface area contributed by atoms with Crippen LogP contribution in [0.15, 0.2) is 0 Å². The lowest BCUT2D eigenvalue weighted by Crippen LogP contribution is -2.57. The second kappa shape index (κ2) is 5.21. The number of carbonyl (C=O) groups is 1. The molecule has 0 saturated carbocycles. The molecule has 0 N–H and O–H groups in total. The van der Waals surface area contributed by atoms with Crippen molar-refractivity contribution in [3.05, 3.63) is 10.6 Å². The SMILES string of the molecule is CC(C)c1nc(N2CCN(C)C(C)(C)C2)sc1C=O. The molecule has 106 valence electrons. The van der Waals surface area contributed by atoms with Crippen molar-refractivity contribution in [3.63, 3.8) is 0 Å². The molecule has 0 radical (unpaired) electrons. The van der Waals surface area contributed by atoms with Gasteiger partial charge in [0.25, 0.3) is 0 Å². The summed E-state index contributed by atoms with van der Waals surface area (Å²) in [4.78, 5) is 21.3. The van der Waals surface area contributed by atoms with Gasteiger partial charge in [0.1, 0.15) is 0 Å². The second-order valence-corrected chi connectivity index (χ2v) is 7.18. The first-order valence-electron chi connectivity index (χ1n) is 6.77. The van der Waals surface area contributed by atoms with Gasteiger partial charge in [0.05, 0.1) is 10.6 Å². The number of nitrogens with zero attached hydrogens (tertiary/aromatic N) is 3. The van der Waals surface area contributed by atoms with Crippen LogP contribution in [0.25, 0.3) is 0 Å². The zero-order valence-electron chi connectivity index (χ0n) is 12.4. The Morgan fingerprint density at radius 2 is 2.05 bits per heavy atom. The minimum absolute atomic E-state index is 0.142. The predicted octanol–water partition coefficient (Wildman–Crippen LogP) is 2.61. The van der Waals surface area contributed by atoms with E-state index in [0.717, 1.165) is 41.6 Å². The lowest BCUT2D eigenvalue weighted by Gasteiger charge is -2.45. The van der Waals surface area contributed by atoms with E-state index in [9.17, 15) is 4.79 Å². The van der Waals surface area contributed by atoms with Crippen LogP contribution in [0.5, 0.6) is 0 Å². The number of hydrogen-bond donors (Lipinski definition) is 0. The van der Waals surface area contributed by atoms with Gasteiger partial charge in [-0.05, 0) is 26.8 Å². The topological polar surface area (TPSA) is 36.4 Å². The summed E-state index contributed by atoms with van der Waals surface area (Å²) < 4.78 is 0. The van der Waals surface area contributed by atoms with Gasteiger partial charge in [-0.3, -0.25) is 9.69 Å². The van der Waals surface area contributed by atoms with Crippen molar-refractivity contribution in [2.75, 3.05) is 31.6 Å². The molecule has 0 atom stereocenters. The van der Waals surface area contributed by atoms with E-state index in [2.05, 4.69) is 49.5 Å². The first kappa shape index (κ1) is 14.5. The Labute approximate surface area is 119 Å². The molecule has 0 bridgehead atoms. The second-order valence-electron chi connectivity index (χ2n) is 6.17. The highest BCUT2D eigenvalue weighted by Gasteiger charge is 2.32. The van der Waals surface area contributed by atoms with Gasteiger partial charge in [-0.15, -0.1) is 0 Å². The van der Waals surface area contributed by atoms with Gasteiger partial charge in [-0.1, -0.05) is 25.2 Å². The van der Waals surface area contributed by atoms with Crippen LogP contribution in [-0.4, -0.2) is 48.4 Å². The molecule has 2 heterocycles. The third kappa shape index (κ3) is 2.82. The summed E-state index contributed by atoms with van der Waals surface area (Å²) in [5, 5.41) is 0.993. The normalized spacial score (nSPS) is 20.0. The van der Waals surface area contributed by atoms with E-state index in [1.165, 1.54) is 11.3 Å². The Kier molecular flexibility index (Phi) is 3.97. The van der Waals surface area contributed by atoms with Crippen LogP contribution in [-0.2, 0) is 0 Å². The molecule has 19 heavy (non-hydrogen) atoms. The highest BCUT2D eigenvalue weighted by Crippen LogP contribution is 2.32. The number of aldehydes is 1. The van der Waals surface area contributed by atoms with Crippen LogP contribution in [0.2, 0.25) is 0 Å². The Balaban J connectivity index is 2.25. The molecule has 1 aliphatic rings. The van der Waals surface area contributed by atoms with Crippen molar-refractivity contribution in [3.8, 4) is 0 Å². The van der Waals surface area contributed by atoms with Gasteiger partial charge in [-0.2, -0.15) is 0 Å². The largest absolute Gasteiger partial charge is 0.345 e. The molecule has 0 amide bonds. The summed E-state index contributed by atoms with van der Waals surface area (Å²) in [7, 11) is 2.16.